The van der Waals surface area contributed by atoms with E-state index < -0.39 is 0 Å². The van der Waals surface area contributed by atoms with E-state index in [9.17, 15) is 4.79 Å². The fraction of sp³-hybridized carbons (Fsp3) is 0.889. The molecule has 0 aliphatic carbocycles. The van der Waals surface area contributed by atoms with Crippen molar-refractivity contribution in [3.63, 3.8) is 0 Å². The van der Waals surface area contributed by atoms with Gasteiger partial charge in [0, 0.05) is 5.92 Å². The second-order valence-corrected chi connectivity index (χ2v) is 3.33. The SMILES string of the molecule is CCCC(CO)NC(=O)C(C)C. The smallest absolute Gasteiger partial charge is 0.222 e. The zero-order chi connectivity index (χ0) is 9.56. The van der Waals surface area contributed by atoms with Gasteiger partial charge in [0.2, 0.25) is 5.91 Å². The number of rotatable bonds is 5. The van der Waals surface area contributed by atoms with Crippen molar-refractivity contribution in [3.8, 4) is 0 Å². The minimum Gasteiger partial charge on any atom is -0.394 e. The molecule has 1 amide bonds. The Labute approximate surface area is 74.2 Å². The molecule has 0 aromatic carbocycles. The lowest BCUT2D eigenvalue weighted by Crippen LogP contribution is -2.39. The highest BCUT2D eigenvalue weighted by Gasteiger charge is 2.12. The maximum absolute atomic E-state index is 11.2. The van der Waals surface area contributed by atoms with E-state index in [0.717, 1.165) is 12.8 Å². The lowest BCUT2D eigenvalue weighted by Gasteiger charge is -2.16. The Morgan fingerprint density at radius 3 is 2.42 bits per heavy atom. The molecule has 0 aliphatic heterocycles. The van der Waals surface area contributed by atoms with E-state index in [1.54, 1.807) is 0 Å². The number of carbonyl (C=O) groups is 1. The minimum absolute atomic E-state index is 0.00379. The highest BCUT2D eigenvalue weighted by Crippen LogP contribution is 1.98. The predicted octanol–water partition coefficient (Wildman–Crippen LogP) is 0.920. The van der Waals surface area contributed by atoms with Gasteiger partial charge in [0.15, 0.2) is 0 Å². The van der Waals surface area contributed by atoms with Crippen molar-refractivity contribution in [2.24, 2.45) is 5.92 Å². The molecule has 0 rings (SSSR count). The standard InChI is InChI=1S/C9H19NO2/c1-4-5-8(6-11)10-9(12)7(2)3/h7-8,11H,4-6H2,1-3H3,(H,10,12). The molecule has 0 aromatic rings. The van der Waals surface area contributed by atoms with Gasteiger partial charge in [-0.2, -0.15) is 0 Å². The molecule has 3 heteroatoms. The fourth-order valence-electron chi connectivity index (χ4n) is 0.925. The number of amides is 1. The zero-order valence-corrected chi connectivity index (χ0v) is 8.13. The van der Waals surface area contributed by atoms with E-state index in [1.165, 1.54) is 0 Å². The summed E-state index contributed by atoms with van der Waals surface area (Å²) < 4.78 is 0. The Kier molecular flexibility index (Phi) is 5.72. The van der Waals surface area contributed by atoms with Gasteiger partial charge in [0.05, 0.1) is 12.6 Å². The number of carbonyl (C=O) groups excluding carboxylic acids is 1. The van der Waals surface area contributed by atoms with Gasteiger partial charge in [0.1, 0.15) is 0 Å². The van der Waals surface area contributed by atoms with Crippen LogP contribution >= 0.6 is 0 Å². The Balaban J connectivity index is 3.77. The third-order valence-corrected chi connectivity index (χ3v) is 1.73. The van der Waals surface area contributed by atoms with Crippen molar-refractivity contribution >= 4 is 5.91 Å². The molecule has 72 valence electrons. The third-order valence-electron chi connectivity index (χ3n) is 1.73. The summed E-state index contributed by atoms with van der Waals surface area (Å²) >= 11 is 0. The van der Waals surface area contributed by atoms with Crippen LogP contribution in [0.1, 0.15) is 33.6 Å². The lowest BCUT2D eigenvalue weighted by molar-refractivity contribution is -0.125. The van der Waals surface area contributed by atoms with Gasteiger partial charge in [-0.15, -0.1) is 0 Å². The van der Waals surface area contributed by atoms with E-state index in [2.05, 4.69) is 5.32 Å². The van der Waals surface area contributed by atoms with Crippen LogP contribution < -0.4 is 5.32 Å². The van der Waals surface area contributed by atoms with E-state index in [0.29, 0.717) is 0 Å². The van der Waals surface area contributed by atoms with E-state index in [1.807, 2.05) is 20.8 Å². The number of hydrogen-bond donors (Lipinski definition) is 2. The van der Waals surface area contributed by atoms with Crippen molar-refractivity contribution in [1.82, 2.24) is 5.32 Å². The third kappa shape index (κ3) is 4.34. The molecular weight excluding hydrogens is 154 g/mol. The Morgan fingerprint density at radius 2 is 2.08 bits per heavy atom. The number of hydrogen-bond acceptors (Lipinski definition) is 2. The summed E-state index contributed by atoms with van der Waals surface area (Å²) in [5.41, 5.74) is 0. The largest absolute Gasteiger partial charge is 0.394 e. The van der Waals surface area contributed by atoms with Crippen molar-refractivity contribution in [1.29, 1.82) is 0 Å². The average molecular weight is 173 g/mol. The molecule has 12 heavy (non-hydrogen) atoms. The lowest BCUT2D eigenvalue weighted by atomic mass is 10.1. The summed E-state index contributed by atoms with van der Waals surface area (Å²) in [6, 6.07) is -0.0649. The normalized spacial score (nSPS) is 13.1. The maximum atomic E-state index is 11.2. The first kappa shape index (κ1) is 11.4. The maximum Gasteiger partial charge on any atom is 0.222 e. The van der Waals surface area contributed by atoms with Crippen LogP contribution in [0, 0.1) is 5.92 Å². The first-order valence-electron chi connectivity index (χ1n) is 4.53. The van der Waals surface area contributed by atoms with Crippen LogP contribution in [0.25, 0.3) is 0 Å². The van der Waals surface area contributed by atoms with E-state index in [-0.39, 0.29) is 24.5 Å². The van der Waals surface area contributed by atoms with Crippen LogP contribution in [0.4, 0.5) is 0 Å². The topological polar surface area (TPSA) is 49.3 Å². The van der Waals surface area contributed by atoms with Crippen molar-refractivity contribution < 1.29 is 9.90 Å². The summed E-state index contributed by atoms with van der Waals surface area (Å²) in [6.07, 6.45) is 1.82. The number of aliphatic hydroxyl groups excluding tert-OH is 1. The fourth-order valence-corrected chi connectivity index (χ4v) is 0.925. The van der Waals surface area contributed by atoms with Crippen molar-refractivity contribution in [3.05, 3.63) is 0 Å². The summed E-state index contributed by atoms with van der Waals surface area (Å²) in [7, 11) is 0. The van der Waals surface area contributed by atoms with Crippen LogP contribution in [0.2, 0.25) is 0 Å². The monoisotopic (exact) mass is 173 g/mol. The van der Waals surface area contributed by atoms with Gasteiger partial charge in [-0.1, -0.05) is 27.2 Å². The van der Waals surface area contributed by atoms with Gasteiger partial charge >= 0.3 is 0 Å². The highest BCUT2D eigenvalue weighted by molar-refractivity contribution is 5.78. The van der Waals surface area contributed by atoms with Crippen LogP contribution in [0.3, 0.4) is 0 Å². The molecular formula is C9H19NO2. The Morgan fingerprint density at radius 1 is 1.50 bits per heavy atom. The van der Waals surface area contributed by atoms with Gasteiger partial charge in [-0.25, -0.2) is 0 Å². The minimum atomic E-state index is -0.0649. The molecule has 0 fully saturated rings. The van der Waals surface area contributed by atoms with Crippen LogP contribution in [0.5, 0.6) is 0 Å². The molecule has 0 aliphatic rings. The quantitative estimate of drug-likeness (QED) is 0.649. The average Bonchev–Trinajstić information content (AvgIpc) is 2.03. The second-order valence-electron chi connectivity index (χ2n) is 3.33. The predicted molar refractivity (Wildman–Crippen MR) is 48.8 cm³/mol. The van der Waals surface area contributed by atoms with Crippen LogP contribution in [-0.2, 0) is 4.79 Å². The molecule has 1 unspecified atom stereocenters. The first-order valence-corrected chi connectivity index (χ1v) is 4.53. The molecule has 3 nitrogen and oxygen atoms in total. The summed E-state index contributed by atoms with van der Waals surface area (Å²) in [5.74, 6) is 0.0124. The zero-order valence-electron chi connectivity index (χ0n) is 8.13. The summed E-state index contributed by atoms with van der Waals surface area (Å²) in [6.45, 7) is 5.75. The van der Waals surface area contributed by atoms with Gasteiger partial charge < -0.3 is 10.4 Å². The highest BCUT2D eigenvalue weighted by atomic mass is 16.3. The molecule has 2 N–H and O–H groups in total. The van der Waals surface area contributed by atoms with E-state index in [4.69, 9.17) is 5.11 Å². The van der Waals surface area contributed by atoms with Crippen molar-refractivity contribution in [2.75, 3.05) is 6.61 Å². The summed E-state index contributed by atoms with van der Waals surface area (Å²) in [5, 5.41) is 11.7. The Bertz CT molecular complexity index is 134. The van der Waals surface area contributed by atoms with Crippen molar-refractivity contribution in [2.45, 2.75) is 39.7 Å². The van der Waals surface area contributed by atoms with E-state index >= 15 is 0 Å². The molecule has 0 saturated carbocycles. The molecule has 0 spiro atoms. The van der Waals surface area contributed by atoms with Crippen LogP contribution in [0.15, 0.2) is 0 Å². The molecule has 0 bridgehead atoms. The number of nitrogens with one attached hydrogen (secondary N) is 1. The van der Waals surface area contributed by atoms with Gasteiger partial charge in [0.25, 0.3) is 0 Å². The number of aliphatic hydroxyl groups is 1. The van der Waals surface area contributed by atoms with Gasteiger partial charge in [-0.05, 0) is 6.42 Å². The summed E-state index contributed by atoms with van der Waals surface area (Å²) in [4.78, 5) is 11.2. The molecule has 1 atom stereocenters. The first-order chi connectivity index (χ1) is 5.61. The molecule has 0 radical (unpaired) electrons. The second kappa shape index (κ2) is 6.00. The molecule has 0 aromatic heterocycles. The van der Waals surface area contributed by atoms with Crippen LogP contribution in [-0.4, -0.2) is 23.7 Å². The molecule has 0 heterocycles. The van der Waals surface area contributed by atoms with Gasteiger partial charge in [-0.3, -0.25) is 4.79 Å². The molecule has 0 saturated heterocycles. The Hall–Kier alpha value is -0.570.